The number of amides is 1. The van der Waals surface area contributed by atoms with Gasteiger partial charge in [0, 0.05) is 82.3 Å². The van der Waals surface area contributed by atoms with E-state index in [-0.39, 0.29) is 35.7 Å². The Labute approximate surface area is 307 Å². The van der Waals surface area contributed by atoms with Crippen molar-refractivity contribution in [1.82, 2.24) is 25.3 Å². The van der Waals surface area contributed by atoms with E-state index >= 15 is 8.78 Å². The number of aromatic nitrogens is 4. The van der Waals surface area contributed by atoms with Gasteiger partial charge in [0.15, 0.2) is 0 Å². The van der Waals surface area contributed by atoms with Crippen molar-refractivity contribution < 1.29 is 33.0 Å². The van der Waals surface area contributed by atoms with E-state index in [2.05, 4.69) is 43.1 Å². The molecule has 8 rings (SSSR count). The van der Waals surface area contributed by atoms with Crippen LogP contribution in [0.25, 0.3) is 0 Å². The van der Waals surface area contributed by atoms with Crippen LogP contribution in [0.15, 0.2) is 42.9 Å². The third kappa shape index (κ3) is 6.57. The van der Waals surface area contributed by atoms with E-state index in [1.807, 2.05) is 17.0 Å². The zero-order valence-corrected chi connectivity index (χ0v) is 30.3. The van der Waals surface area contributed by atoms with Gasteiger partial charge in [-0.2, -0.15) is 8.78 Å². The number of carboxylic acids is 1. The lowest BCUT2D eigenvalue weighted by Crippen LogP contribution is -2.57. The van der Waals surface area contributed by atoms with Crippen molar-refractivity contribution in [2.45, 2.75) is 94.6 Å². The molecule has 2 bridgehead atoms. The Bertz CT molecular complexity index is 1850. The number of hydrogen-bond donors (Lipinski definition) is 2. The van der Waals surface area contributed by atoms with E-state index in [9.17, 15) is 14.7 Å². The quantitative estimate of drug-likeness (QED) is 0.267. The minimum absolute atomic E-state index is 0.0182. The Morgan fingerprint density at radius 3 is 2.53 bits per heavy atom. The molecule has 12 nitrogen and oxygen atoms in total. The molecule has 2 saturated carbocycles. The van der Waals surface area contributed by atoms with Gasteiger partial charge < -0.3 is 29.7 Å². The molecule has 4 unspecified atom stereocenters. The van der Waals surface area contributed by atoms with Gasteiger partial charge in [-0.3, -0.25) is 4.79 Å². The Morgan fingerprint density at radius 1 is 1.08 bits per heavy atom. The number of fused-ring (bicyclic) bond motifs is 4. The van der Waals surface area contributed by atoms with E-state index in [0.717, 1.165) is 80.8 Å². The van der Waals surface area contributed by atoms with Crippen LogP contribution in [0.5, 0.6) is 5.75 Å². The zero-order chi connectivity index (χ0) is 37.0. The second-order valence-corrected chi connectivity index (χ2v) is 15.8. The lowest BCUT2D eigenvalue weighted by Gasteiger charge is -2.35. The Hall–Kier alpha value is -4.46. The largest absolute Gasteiger partial charge is 0.490 e. The molecule has 3 aromatic rings. The first-order valence-corrected chi connectivity index (χ1v) is 19.0. The van der Waals surface area contributed by atoms with Gasteiger partial charge in [0.1, 0.15) is 23.1 Å². The molecule has 1 amide bonds. The van der Waals surface area contributed by atoms with Crippen LogP contribution < -0.4 is 19.9 Å². The molecule has 2 aliphatic carbocycles. The van der Waals surface area contributed by atoms with Crippen molar-refractivity contribution >= 4 is 29.5 Å². The number of nitrogens with zero attached hydrogens (tertiary/aromatic N) is 6. The van der Waals surface area contributed by atoms with Crippen LogP contribution in [0.1, 0.15) is 93.3 Å². The van der Waals surface area contributed by atoms with Crippen LogP contribution >= 0.6 is 0 Å². The topological polar surface area (TPSA) is 143 Å². The number of aliphatic carboxylic acids is 1. The van der Waals surface area contributed by atoms with Crippen LogP contribution in [0.2, 0.25) is 0 Å². The summed E-state index contributed by atoms with van der Waals surface area (Å²) in [6.45, 7) is 5.93. The summed E-state index contributed by atoms with van der Waals surface area (Å²) in [5.41, 5.74) is -1.16. The number of carboxylic acid groups (broad SMARTS) is 1. The first-order valence-electron chi connectivity index (χ1n) is 19.0. The highest BCUT2D eigenvalue weighted by Crippen LogP contribution is 2.52. The molecule has 1 spiro atoms. The maximum atomic E-state index is 15.4. The molecule has 2 aromatic heterocycles. The number of halogens is 2. The van der Waals surface area contributed by atoms with E-state index in [0.29, 0.717) is 45.4 Å². The Kier molecular flexibility index (Phi) is 9.23. The van der Waals surface area contributed by atoms with Gasteiger partial charge in [-0.25, -0.2) is 24.7 Å². The first kappa shape index (κ1) is 35.6. The van der Waals surface area contributed by atoms with E-state index in [4.69, 9.17) is 9.47 Å². The van der Waals surface area contributed by atoms with Gasteiger partial charge in [0.2, 0.25) is 11.9 Å². The fourth-order valence-electron chi connectivity index (χ4n) is 9.74. The van der Waals surface area contributed by atoms with Gasteiger partial charge in [-0.1, -0.05) is 13.3 Å². The third-order valence-corrected chi connectivity index (χ3v) is 12.5. The van der Waals surface area contributed by atoms with Crippen LogP contribution in [0.4, 0.5) is 26.4 Å². The van der Waals surface area contributed by atoms with Crippen molar-refractivity contribution in [2.75, 3.05) is 42.6 Å². The molecular weight excluding hydrogens is 684 g/mol. The van der Waals surface area contributed by atoms with E-state index in [1.165, 1.54) is 0 Å². The summed E-state index contributed by atoms with van der Waals surface area (Å²) in [5, 5.41) is 13.2. The van der Waals surface area contributed by atoms with Gasteiger partial charge >= 0.3 is 5.97 Å². The van der Waals surface area contributed by atoms with Crippen LogP contribution in [-0.2, 0) is 20.9 Å². The summed E-state index contributed by atoms with van der Waals surface area (Å²) < 4.78 is 43.1. The number of carbonyl (C=O) groups is 2. The molecule has 3 aliphatic heterocycles. The molecule has 5 aliphatic rings. The smallest absolute Gasteiger partial charge is 0.329 e. The van der Waals surface area contributed by atoms with Crippen molar-refractivity contribution in [1.29, 1.82) is 0 Å². The SMILES string of the molecule is CCC1CC2CC(C1)C(NC(=O)c1cnc(N3CC4(CCOCC4)c4cc(OC5CCN(c6ncccn6)CC5)ccc43)nc1C(C)(F)F)(C(=O)O)C2. The normalized spacial score (nSPS) is 26.8. The molecule has 0 radical (unpaired) electrons. The van der Waals surface area contributed by atoms with E-state index < -0.39 is 34.6 Å². The maximum Gasteiger partial charge on any atom is 0.329 e. The minimum atomic E-state index is -3.50. The second kappa shape index (κ2) is 13.7. The zero-order valence-electron chi connectivity index (χ0n) is 30.3. The summed E-state index contributed by atoms with van der Waals surface area (Å²) in [6, 6.07) is 7.71. The fourth-order valence-corrected chi connectivity index (χ4v) is 9.74. The molecule has 2 saturated heterocycles. The fraction of sp³-hybridized carbons (Fsp3) is 0.590. The highest BCUT2D eigenvalue weighted by Gasteiger charge is 2.57. The van der Waals surface area contributed by atoms with Crippen molar-refractivity contribution in [3.05, 3.63) is 59.7 Å². The minimum Gasteiger partial charge on any atom is -0.490 e. The third-order valence-electron chi connectivity index (χ3n) is 12.5. The number of alkyl halides is 2. The summed E-state index contributed by atoms with van der Waals surface area (Å²) >= 11 is 0. The monoisotopic (exact) mass is 731 g/mol. The number of benzene rings is 1. The standard InChI is InChI=1S/C39H47F2N7O5/c1-3-24-17-25-19-26(18-24)39(21-25,34(50)51)46-33(49)29-22-44-36(45-32(29)37(2,40)41)48-23-38(9-15-52-16-10-38)30-20-28(5-6-31(30)48)53-27-7-13-47(14-8-27)35-42-11-4-12-43-35/h4-6,11-12,20,22,24-27H,3,7-10,13-19,21,23H2,1-2H3,(H,46,49)(H,50,51). The van der Waals surface area contributed by atoms with Gasteiger partial charge in [-0.15, -0.1) is 0 Å². The van der Waals surface area contributed by atoms with Gasteiger partial charge in [0.05, 0.1) is 5.56 Å². The predicted molar refractivity (Wildman–Crippen MR) is 192 cm³/mol. The Morgan fingerprint density at radius 2 is 1.83 bits per heavy atom. The number of rotatable bonds is 9. The number of carbonyl (C=O) groups excluding carboxylic acids is 1. The highest BCUT2D eigenvalue weighted by atomic mass is 19.3. The average Bonchev–Trinajstić information content (AvgIpc) is 3.61. The molecule has 2 N–H and O–H groups in total. The molecule has 14 heteroatoms. The van der Waals surface area contributed by atoms with Crippen LogP contribution in [0, 0.1) is 17.8 Å². The second-order valence-electron chi connectivity index (χ2n) is 15.8. The molecule has 1 aromatic carbocycles. The number of hydrogen-bond acceptors (Lipinski definition) is 10. The predicted octanol–water partition coefficient (Wildman–Crippen LogP) is 6.03. The lowest BCUT2D eigenvalue weighted by molar-refractivity contribution is -0.146. The van der Waals surface area contributed by atoms with Crippen molar-refractivity contribution in [3.8, 4) is 5.75 Å². The lowest BCUT2D eigenvalue weighted by atomic mass is 9.76. The van der Waals surface area contributed by atoms with Crippen molar-refractivity contribution in [3.63, 3.8) is 0 Å². The summed E-state index contributed by atoms with van der Waals surface area (Å²) in [7, 11) is 0. The summed E-state index contributed by atoms with van der Waals surface area (Å²) in [4.78, 5) is 48.3. The molecule has 4 atom stereocenters. The first-order chi connectivity index (χ1) is 25.5. The van der Waals surface area contributed by atoms with Gasteiger partial charge in [-0.05, 0) is 86.1 Å². The summed E-state index contributed by atoms with van der Waals surface area (Å²) in [6.07, 6.45) is 11.2. The molecule has 282 valence electrons. The number of ether oxygens (including phenoxy) is 2. The average molecular weight is 732 g/mol. The van der Waals surface area contributed by atoms with Crippen molar-refractivity contribution in [2.24, 2.45) is 17.8 Å². The molecule has 4 fully saturated rings. The number of nitrogens with one attached hydrogen (secondary N) is 1. The number of anilines is 3. The van der Waals surface area contributed by atoms with Crippen LogP contribution in [0.3, 0.4) is 0 Å². The Balaban J connectivity index is 1.06. The molecular formula is C39H47F2N7O5. The van der Waals surface area contributed by atoms with E-state index in [1.54, 1.807) is 18.5 Å². The summed E-state index contributed by atoms with van der Waals surface area (Å²) in [5.74, 6) is -3.70. The number of piperidine rings is 1. The highest BCUT2D eigenvalue weighted by molar-refractivity contribution is 5.99. The molecule has 5 heterocycles. The van der Waals surface area contributed by atoms with Crippen LogP contribution in [-0.4, -0.2) is 81.4 Å². The maximum absolute atomic E-state index is 15.4. The molecule has 53 heavy (non-hydrogen) atoms. The van der Waals surface area contributed by atoms with Gasteiger partial charge in [0.25, 0.3) is 11.8 Å².